The molecule has 0 aromatic rings. The maximum atomic E-state index is 11.9. The molecule has 1 aliphatic heterocycles. The molecule has 3 N–H and O–H groups in total. The maximum Gasteiger partial charge on any atom is 0.409 e. The van der Waals surface area contributed by atoms with Gasteiger partial charge in [0.2, 0.25) is 0 Å². The Morgan fingerprint density at radius 1 is 1.50 bits per heavy atom. The average molecular weight is 402 g/mol. The summed E-state index contributed by atoms with van der Waals surface area (Å²) in [4.78, 5) is 17.2. The molecule has 1 aliphatic rings. The normalized spacial score (nSPS) is 16.5. The number of piperidine rings is 1. The van der Waals surface area contributed by atoms with Crippen molar-refractivity contribution >= 4 is 36.0 Å². The van der Waals surface area contributed by atoms with E-state index < -0.39 is 0 Å². The molecule has 118 valence electrons. The first-order valence-corrected chi connectivity index (χ1v) is 6.71. The zero-order chi connectivity index (χ0) is 14.1. The minimum absolute atomic E-state index is 0. The van der Waals surface area contributed by atoms with Crippen LogP contribution in [0.1, 0.15) is 26.2 Å². The Hall–Kier alpha value is -0.800. The zero-order valence-electron chi connectivity index (χ0n) is 11.8. The number of nitrogens with two attached hydrogens (primary N) is 1. The Kier molecular flexibility index (Phi) is 10.5. The third-order valence-electron chi connectivity index (χ3n) is 2.95. The van der Waals surface area contributed by atoms with Crippen LogP contribution in [0.15, 0.2) is 4.99 Å². The second-order valence-electron chi connectivity index (χ2n) is 4.41. The Labute approximate surface area is 136 Å². The summed E-state index contributed by atoms with van der Waals surface area (Å²) in [5.41, 5.74) is 5.70. The second-order valence-corrected chi connectivity index (χ2v) is 4.41. The van der Waals surface area contributed by atoms with Crippen LogP contribution in [-0.4, -0.2) is 55.9 Å². The Morgan fingerprint density at radius 3 is 2.70 bits per heavy atom. The number of nitrogens with one attached hydrogen (secondary N) is 1. The first-order chi connectivity index (χ1) is 9.17. The van der Waals surface area contributed by atoms with Crippen LogP contribution in [0.5, 0.6) is 0 Å². The predicted molar refractivity (Wildman–Crippen MR) is 87.2 cm³/mol. The number of likely N-dealkylation sites (tertiary alicyclic amines) is 1. The molecule has 1 rings (SSSR count). The number of amides is 1. The van der Waals surface area contributed by atoms with E-state index in [-0.39, 0.29) is 42.8 Å². The summed E-state index contributed by atoms with van der Waals surface area (Å²) in [6, 6.07) is 0.208. The third-order valence-corrected chi connectivity index (χ3v) is 2.95. The van der Waals surface area contributed by atoms with E-state index in [2.05, 4.69) is 10.3 Å². The standard InChI is InChI=1S/C12H23FN4O2.HI/c1-2-19-12(18)17-8-4-10(5-9-17)16-11(14)15-7-3-6-13;/h10H,2-9H2,1H3,(H3,14,15,16);1H. The van der Waals surface area contributed by atoms with Crippen LogP contribution in [-0.2, 0) is 4.74 Å². The SMILES string of the molecule is CCOC(=O)N1CCC(NC(N)=NCCCF)CC1.I. The van der Waals surface area contributed by atoms with Crippen molar-refractivity contribution in [1.29, 1.82) is 0 Å². The van der Waals surface area contributed by atoms with Crippen molar-refractivity contribution in [2.45, 2.75) is 32.2 Å². The van der Waals surface area contributed by atoms with Crippen LogP contribution in [0.2, 0.25) is 0 Å². The van der Waals surface area contributed by atoms with E-state index in [1.165, 1.54) is 0 Å². The summed E-state index contributed by atoms with van der Waals surface area (Å²) >= 11 is 0. The molecule has 0 bridgehead atoms. The van der Waals surface area contributed by atoms with Crippen LogP contribution in [0, 0.1) is 0 Å². The number of halogens is 2. The van der Waals surface area contributed by atoms with Gasteiger partial charge in [-0.2, -0.15) is 0 Å². The number of rotatable bonds is 5. The molecular weight excluding hydrogens is 378 g/mol. The number of guanidine groups is 1. The fourth-order valence-corrected chi connectivity index (χ4v) is 1.94. The Morgan fingerprint density at radius 2 is 2.15 bits per heavy atom. The Balaban J connectivity index is 0.00000361. The number of hydrogen-bond acceptors (Lipinski definition) is 3. The number of alkyl halides is 1. The second kappa shape index (κ2) is 10.9. The lowest BCUT2D eigenvalue weighted by atomic mass is 10.1. The number of carbonyl (C=O) groups is 1. The van der Waals surface area contributed by atoms with Gasteiger partial charge in [-0.3, -0.25) is 9.38 Å². The van der Waals surface area contributed by atoms with E-state index >= 15 is 0 Å². The summed E-state index contributed by atoms with van der Waals surface area (Å²) in [6.07, 6.45) is 1.74. The highest BCUT2D eigenvalue weighted by molar-refractivity contribution is 14.0. The van der Waals surface area contributed by atoms with Gasteiger partial charge in [-0.15, -0.1) is 24.0 Å². The lowest BCUT2D eigenvalue weighted by Crippen LogP contribution is -2.48. The minimum Gasteiger partial charge on any atom is -0.450 e. The molecule has 0 aromatic carbocycles. The lowest BCUT2D eigenvalue weighted by Gasteiger charge is -2.31. The molecule has 0 spiro atoms. The van der Waals surface area contributed by atoms with Gasteiger partial charge in [0.25, 0.3) is 0 Å². The number of aliphatic imine (C=N–C) groups is 1. The first-order valence-electron chi connectivity index (χ1n) is 6.71. The van der Waals surface area contributed by atoms with Gasteiger partial charge in [-0.25, -0.2) is 4.79 Å². The van der Waals surface area contributed by atoms with Gasteiger partial charge in [0.15, 0.2) is 5.96 Å². The van der Waals surface area contributed by atoms with Crippen molar-refractivity contribution in [1.82, 2.24) is 10.2 Å². The van der Waals surface area contributed by atoms with Crippen LogP contribution >= 0.6 is 24.0 Å². The molecule has 1 amide bonds. The molecule has 0 aromatic heterocycles. The van der Waals surface area contributed by atoms with Gasteiger partial charge in [-0.1, -0.05) is 0 Å². The van der Waals surface area contributed by atoms with Crippen molar-refractivity contribution < 1.29 is 13.9 Å². The van der Waals surface area contributed by atoms with Crippen LogP contribution in [0.4, 0.5) is 9.18 Å². The van der Waals surface area contributed by atoms with Gasteiger partial charge in [-0.05, 0) is 26.2 Å². The molecule has 6 nitrogen and oxygen atoms in total. The predicted octanol–water partition coefficient (Wildman–Crippen LogP) is 1.49. The largest absolute Gasteiger partial charge is 0.450 e. The highest BCUT2D eigenvalue weighted by Gasteiger charge is 2.23. The first kappa shape index (κ1) is 19.2. The molecule has 0 unspecified atom stereocenters. The van der Waals surface area contributed by atoms with Crippen molar-refractivity contribution in [3.8, 4) is 0 Å². The van der Waals surface area contributed by atoms with E-state index in [0.717, 1.165) is 12.8 Å². The van der Waals surface area contributed by atoms with Gasteiger partial charge >= 0.3 is 6.09 Å². The molecule has 0 atom stereocenters. The highest BCUT2D eigenvalue weighted by atomic mass is 127. The minimum atomic E-state index is -0.380. The quantitative estimate of drug-likeness (QED) is 0.316. The van der Waals surface area contributed by atoms with Crippen LogP contribution in [0.25, 0.3) is 0 Å². The molecular formula is C12H24FIN4O2. The third kappa shape index (κ3) is 7.11. The molecule has 1 fully saturated rings. The molecule has 0 saturated carbocycles. The summed E-state index contributed by atoms with van der Waals surface area (Å²) < 4.78 is 16.8. The topological polar surface area (TPSA) is 80.0 Å². The lowest BCUT2D eigenvalue weighted by molar-refractivity contribution is 0.0963. The fourth-order valence-electron chi connectivity index (χ4n) is 1.94. The summed E-state index contributed by atoms with van der Waals surface area (Å²) in [5.74, 6) is 0.350. The average Bonchev–Trinajstić information content (AvgIpc) is 2.40. The van der Waals surface area contributed by atoms with Crippen molar-refractivity contribution in [2.24, 2.45) is 10.7 Å². The van der Waals surface area contributed by atoms with E-state index in [1.54, 1.807) is 11.8 Å². The summed E-state index contributed by atoms with van der Waals surface area (Å²) in [7, 11) is 0. The van der Waals surface area contributed by atoms with Gasteiger partial charge in [0.05, 0.1) is 13.3 Å². The van der Waals surface area contributed by atoms with Crippen molar-refractivity contribution in [3.63, 3.8) is 0 Å². The summed E-state index contributed by atoms with van der Waals surface area (Å²) in [6.45, 7) is 3.50. The molecule has 1 saturated heterocycles. The van der Waals surface area contributed by atoms with Gasteiger partial charge < -0.3 is 20.7 Å². The number of hydrogen-bond donors (Lipinski definition) is 2. The smallest absolute Gasteiger partial charge is 0.409 e. The maximum absolute atomic E-state index is 11.9. The fraction of sp³-hybridized carbons (Fsp3) is 0.833. The molecule has 20 heavy (non-hydrogen) atoms. The van der Waals surface area contributed by atoms with Crippen LogP contribution < -0.4 is 11.1 Å². The molecule has 0 aliphatic carbocycles. The van der Waals surface area contributed by atoms with E-state index in [0.29, 0.717) is 38.6 Å². The molecule has 1 heterocycles. The van der Waals surface area contributed by atoms with Gasteiger partial charge in [0, 0.05) is 25.7 Å². The summed E-state index contributed by atoms with van der Waals surface area (Å²) in [5, 5.41) is 3.10. The van der Waals surface area contributed by atoms with Gasteiger partial charge in [0.1, 0.15) is 0 Å². The number of nitrogens with zero attached hydrogens (tertiary/aromatic N) is 2. The number of ether oxygens (including phenoxy) is 1. The Bertz CT molecular complexity index is 310. The number of carbonyl (C=O) groups excluding carboxylic acids is 1. The van der Waals surface area contributed by atoms with E-state index in [4.69, 9.17) is 10.5 Å². The highest BCUT2D eigenvalue weighted by Crippen LogP contribution is 2.11. The molecule has 0 radical (unpaired) electrons. The molecule has 8 heteroatoms. The van der Waals surface area contributed by atoms with E-state index in [1.807, 2.05) is 0 Å². The van der Waals surface area contributed by atoms with Crippen molar-refractivity contribution in [2.75, 3.05) is 32.9 Å². The zero-order valence-corrected chi connectivity index (χ0v) is 14.1. The van der Waals surface area contributed by atoms with E-state index in [9.17, 15) is 9.18 Å². The monoisotopic (exact) mass is 402 g/mol. The van der Waals surface area contributed by atoms with Crippen molar-refractivity contribution in [3.05, 3.63) is 0 Å². The van der Waals surface area contributed by atoms with Crippen LogP contribution in [0.3, 0.4) is 0 Å².